The monoisotopic (exact) mass is 114 g/mol. The number of rotatable bonds is 0. The molecule has 0 radical (unpaired) electrons. The van der Waals surface area contributed by atoms with E-state index in [2.05, 4.69) is 5.32 Å². The second-order valence-electron chi connectivity index (χ2n) is 1.89. The first-order valence-corrected chi connectivity index (χ1v) is 2.72. The number of hydrogen-bond donors (Lipinski definition) is 3. The molecule has 0 saturated carbocycles. The van der Waals surface area contributed by atoms with Crippen LogP contribution in [0.5, 0.6) is 0 Å². The summed E-state index contributed by atoms with van der Waals surface area (Å²) in [6.07, 6.45) is 1.97. The topological polar surface area (TPSA) is 58.3 Å². The zero-order valence-corrected chi connectivity index (χ0v) is 4.65. The number of nitrogens with one attached hydrogen (secondary N) is 1. The van der Waals surface area contributed by atoms with E-state index in [0.29, 0.717) is 0 Å². The molecule has 1 aliphatic rings. The Labute approximate surface area is 48.2 Å². The average Bonchev–Trinajstić information content (AvgIpc) is 2.12. The van der Waals surface area contributed by atoms with Crippen LogP contribution in [-0.2, 0) is 0 Å². The number of hydrogen-bond acceptors (Lipinski definition) is 3. The van der Waals surface area contributed by atoms with E-state index in [1.165, 1.54) is 0 Å². The van der Waals surface area contributed by atoms with Crippen LogP contribution in [0.4, 0.5) is 0 Å². The highest BCUT2D eigenvalue weighted by molar-refractivity contribution is 5.05. The quantitative estimate of drug-likeness (QED) is 0.390. The second kappa shape index (κ2) is 1.94. The molecule has 0 bridgehead atoms. The van der Waals surface area contributed by atoms with E-state index in [-0.39, 0.29) is 5.88 Å². The van der Waals surface area contributed by atoms with E-state index in [1.54, 1.807) is 0 Å². The molecule has 0 atom stereocenters. The number of nitrogens with two attached hydrogens (primary N) is 1. The van der Waals surface area contributed by atoms with Gasteiger partial charge in [-0.15, -0.1) is 0 Å². The lowest BCUT2D eigenvalue weighted by Crippen LogP contribution is -2.10. The normalized spacial score (nSPS) is 25.0. The fourth-order valence-corrected chi connectivity index (χ4v) is 0.811. The van der Waals surface area contributed by atoms with Crippen LogP contribution >= 0.6 is 0 Å². The number of aliphatic hydroxyl groups excluding tert-OH is 1. The molecule has 3 nitrogen and oxygen atoms in total. The minimum absolute atomic E-state index is 0.0532. The van der Waals surface area contributed by atoms with Gasteiger partial charge in [0.2, 0.25) is 5.88 Å². The Kier molecular flexibility index (Phi) is 1.28. The van der Waals surface area contributed by atoms with E-state index in [9.17, 15) is 0 Å². The van der Waals surface area contributed by atoms with Crippen LogP contribution < -0.4 is 11.1 Å². The van der Waals surface area contributed by atoms with Crippen molar-refractivity contribution in [2.24, 2.45) is 5.73 Å². The van der Waals surface area contributed by atoms with Gasteiger partial charge in [-0.05, 0) is 12.8 Å². The number of allylic oxidation sites excluding steroid dienone is 1. The first-order chi connectivity index (χ1) is 3.80. The predicted molar refractivity (Wildman–Crippen MR) is 31.1 cm³/mol. The molecule has 1 saturated heterocycles. The van der Waals surface area contributed by atoms with Gasteiger partial charge in [0.05, 0.1) is 5.70 Å². The molecule has 0 aromatic carbocycles. The third kappa shape index (κ3) is 0.857. The third-order valence-corrected chi connectivity index (χ3v) is 1.25. The summed E-state index contributed by atoms with van der Waals surface area (Å²) >= 11 is 0. The van der Waals surface area contributed by atoms with Crippen molar-refractivity contribution < 1.29 is 5.11 Å². The Bertz CT molecular complexity index is 108. The lowest BCUT2D eigenvalue weighted by atomic mass is 10.3. The van der Waals surface area contributed by atoms with Gasteiger partial charge >= 0.3 is 0 Å². The van der Waals surface area contributed by atoms with Gasteiger partial charge in [0, 0.05) is 6.54 Å². The molecular formula is C5H10N2O. The summed E-state index contributed by atoms with van der Waals surface area (Å²) in [6.45, 7) is 0.941. The first kappa shape index (κ1) is 5.28. The van der Waals surface area contributed by atoms with E-state index in [4.69, 9.17) is 10.8 Å². The van der Waals surface area contributed by atoms with Crippen molar-refractivity contribution in [3.05, 3.63) is 11.6 Å². The van der Waals surface area contributed by atoms with Gasteiger partial charge in [0.25, 0.3) is 0 Å². The van der Waals surface area contributed by atoms with Gasteiger partial charge in [-0.25, -0.2) is 0 Å². The van der Waals surface area contributed by atoms with Crippen molar-refractivity contribution in [2.75, 3.05) is 6.54 Å². The summed E-state index contributed by atoms with van der Waals surface area (Å²) in [5.74, 6) is -0.0532. The van der Waals surface area contributed by atoms with Crippen LogP contribution in [0.1, 0.15) is 12.8 Å². The minimum Gasteiger partial charge on any atom is -0.494 e. The molecule has 46 valence electrons. The molecule has 4 N–H and O–H groups in total. The Hall–Kier alpha value is -0.860. The maximum absolute atomic E-state index is 8.65. The van der Waals surface area contributed by atoms with Gasteiger partial charge in [-0.2, -0.15) is 0 Å². The van der Waals surface area contributed by atoms with Gasteiger partial charge in [-0.1, -0.05) is 0 Å². The summed E-state index contributed by atoms with van der Waals surface area (Å²) < 4.78 is 0. The fraction of sp³-hybridized carbons (Fsp3) is 0.600. The Morgan fingerprint density at radius 2 is 2.50 bits per heavy atom. The lowest BCUT2D eigenvalue weighted by Gasteiger charge is -1.96. The highest BCUT2D eigenvalue weighted by atomic mass is 16.3. The third-order valence-electron chi connectivity index (χ3n) is 1.25. The van der Waals surface area contributed by atoms with Gasteiger partial charge in [0.1, 0.15) is 0 Å². The van der Waals surface area contributed by atoms with Crippen molar-refractivity contribution in [1.82, 2.24) is 5.32 Å². The SMILES string of the molecule is N/C(O)=C1\CCCN1. The van der Waals surface area contributed by atoms with Crippen molar-refractivity contribution in [3.8, 4) is 0 Å². The first-order valence-electron chi connectivity index (χ1n) is 2.72. The smallest absolute Gasteiger partial charge is 0.201 e. The molecule has 0 unspecified atom stereocenters. The van der Waals surface area contributed by atoms with Gasteiger partial charge < -0.3 is 16.2 Å². The maximum Gasteiger partial charge on any atom is 0.201 e. The molecule has 0 aromatic heterocycles. The highest BCUT2D eigenvalue weighted by Crippen LogP contribution is 2.08. The summed E-state index contributed by atoms with van der Waals surface area (Å²) in [7, 11) is 0. The Balaban J connectivity index is 2.58. The van der Waals surface area contributed by atoms with Crippen LogP contribution in [0, 0.1) is 0 Å². The largest absolute Gasteiger partial charge is 0.494 e. The lowest BCUT2D eigenvalue weighted by molar-refractivity contribution is 0.393. The van der Waals surface area contributed by atoms with Crippen LogP contribution in [0.3, 0.4) is 0 Å². The average molecular weight is 114 g/mol. The molecule has 1 heterocycles. The zero-order chi connectivity index (χ0) is 5.98. The summed E-state index contributed by atoms with van der Waals surface area (Å²) in [6, 6.07) is 0. The Morgan fingerprint density at radius 3 is 2.75 bits per heavy atom. The summed E-state index contributed by atoms with van der Waals surface area (Å²) in [5.41, 5.74) is 5.87. The van der Waals surface area contributed by atoms with E-state index in [0.717, 1.165) is 25.1 Å². The molecule has 0 aromatic rings. The molecule has 0 amide bonds. The molecule has 1 aliphatic heterocycles. The predicted octanol–water partition coefficient (Wildman–Crippen LogP) is 0.0556. The van der Waals surface area contributed by atoms with Crippen molar-refractivity contribution in [2.45, 2.75) is 12.8 Å². The molecule has 0 aliphatic carbocycles. The molecule has 3 heteroatoms. The van der Waals surface area contributed by atoms with Crippen molar-refractivity contribution >= 4 is 0 Å². The second-order valence-corrected chi connectivity index (χ2v) is 1.89. The molecule has 1 rings (SSSR count). The van der Waals surface area contributed by atoms with Crippen LogP contribution in [-0.4, -0.2) is 11.7 Å². The fourth-order valence-electron chi connectivity index (χ4n) is 0.811. The zero-order valence-electron chi connectivity index (χ0n) is 4.65. The minimum atomic E-state index is -0.0532. The van der Waals surface area contributed by atoms with Crippen LogP contribution in [0.15, 0.2) is 11.6 Å². The van der Waals surface area contributed by atoms with Crippen molar-refractivity contribution in [3.63, 3.8) is 0 Å². The molecule has 1 fully saturated rings. The maximum atomic E-state index is 8.65. The van der Waals surface area contributed by atoms with E-state index >= 15 is 0 Å². The highest BCUT2D eigenvalue weighted by Gasteiger charge is 2.07. The molecular weight excluding hydrogens is 104 g/mol. The molecule has 8 heavy (non-hydrogen) atoms. The van der Waals surface area contributed by atoms with E-state index in [1.807, 2.05) is 0 Å². The molecule has 0 spiro atoms. The summed E-state index contributed by atoms with van der Waals surface area (Å²) in [4.78, 5) is 0. The van der Waals surface area contributed by atoms with Crippen molar-refractivity contribution in [1.29, 1.82) is 0 Å². The number of aliphatic hydroxyl groups is 1. The Morgan fingerprint density at radius 1 is 1.75 bits per heavy atom. The van der Waals surface area contributed by atoms with Gasteiger partial charge in [-0.3, -0.25) is 0 Å². The summed E-state index contributed by atoms with van der Waals surface area (Å²) in [5, 5.41) is 11.6. The van der Waals surface area contributed by atoms with Gasteiger partial charge in [0.15, 0.2) is 0 Å². The van der Waals surface area contributed by atoms with Crippen LogP contribution in [0.25, 0.3) is 0 Å². The van der Waals surface area contributed by atoms with Crippen LogP contribution in [0.2, 0.25) is 0 Å². The standard InChI is InChI=1S/C5H10N2O/c6-5(8)4-2-1-3-7-4/h7-8H,1-3,6H2/b5-4-. The van der Waals surface area contributed by atoms with E-state index < -0.39 is 0 Å².